The quantitative estimate of drug-likeness (QED) is 0.379. The van der Waals surface area contributed by atoms with Gasteiger partial charge in [0.25, 0.3) is 0 Å². The maximum Gasteiger partial charge on any atom is 0.226 e. The summed E-state index contributed by atoms with van der Waals surface area (Å²) >= 11 is 0. The summed E-state index contributed by atoms with van der Waals surface area (Å²) in [5, 5.41) is 20.6. The maximum atomic E-state index is 12.9. The second-order valence-electron chi connectivity index (χ2n) is 8.96. The van der Waals surface area contributed by atoms with E-state index in [0.29, 0.717) is 47.6 Å². The van der Waals surface area contributed by atoms with Crippen molar-refractivity contribution in [1.82, 2.24) is 29.6 Å². The van der Waals surface area contributed by atoms with Gasteiger partial charge in [-0.3, -0.25) is 4.79 Å². The minimum absolute atomic E-state index is 0.0939. The number of aromatic nitrogens is 6. The lowest BCUT2D eigenvalue weighted by atomic mass is 9.85. The standard InChI is InChI=1S/C27H25N7O3/c1-16-26-20(19-9-10-21(22(13-19)36-3)37-15-18-7-5-4-6-8-18)14-25(35)28-27(26)34(31-16)24-12-11-23-30-29-17(2)33(23)32-24/h4-13,20H,14-15H2,1-3H3,(H,28,35). The van der Waals surface area contributed by atoms with Crippen molar-refractivity contribution in [3.8, 4) is 17.3 Å². The number of hydrogen-bond donors (Lipinski definition) is 1. The second-order valence-corrected chi connectivity index (χ2v) is 8.96. The molecule has 1 aliphatic rings. The smallest absolute Gasteiger partial charge is 0.226 e. The molecule has 1 unspecified atom stereocenters. The summed E-state index contributed by atoms with van der Waals surface area (Å²) in [6.07, 6.45) is 0.296. The van der Waals surface area contributed by atoms with Crippen LogP contribution in [0.25, 0.3) is 11.5 Å². The number of hydrogen-bond acceptors (Lipinski definition) is 7. The number of ether oxygens (including phenoxy) is 2. The number of nitrogens with zero attached hydrogens (tertiary/aromatic N) is 6. The lowest BCUT2D eigenvalue weighted by Crippen LogP contribution is -2.25. The fraction of sp³-hybridized carbons (Fsp3) is 0.222. The third-order valence-corrected chi connectivity index (χ3v) is 6.55. The van der Waals surface area contributed by atoms with E-state index in [1.807, 2.05) is 74.5 Å². The summed E-state index contributed by atoms with van der Waals surface area (Å²) in [6, 6.07) is 19.4. The molecular formula is C27H25N7O3. The molecular weight excluding hydrogens is 470 g/mol. The van der Waals surface area contributed by atoms with Gasteiger partial charge in [-0.15, -0.1) is 15.3 Å². The van der Waals surface area contributed by atoms with Crippen LogP contribution in [0, 0.1) is 13.8 Å². The van der Waals surface area contributed by atoms with Crippen LogP contribution in [0.1, 0.15) is 40.5 Å². The fourth-order valence-electron chi connectivity index (χ4n) is 4.75. The number of nitrogens with one attached hydrogen (secondary N) is 1. The second kappa shape index (κ2) is 9.05. The van der Waals surface area contributed by atoms with E-state index >= 15 is 0 Å². The van der Waals surface area contributed by atoms with Gasteiger partial charge in [0.05, 0.1) is 12.8 Å². The molecule has 0 saturated heterocycles. The van der Waals surface area contributed by atoms with E-state index in [1.165, 1.54) is 0 Å². The Bertz CT molecular complexity index is 1620. The molecule has 3 aromatic heterocycles. The van der Waals surface area contributed by atoms with Crippen molar-refractivity contribution in [3.05, 3.63) is 88.9 Å². The average Bonchev–Trinajstić information content (AvgIpc) is 3.46. The lowest BCUT2D eigenvalue weighted by Gasteiger charge is -2.25. The van der Waals surface area contributed by atoms with Crippen LogP contribution in [-0.2, 0) is 11.4 Å². The Balaban J connectivity index is 1.36. The van der Waals surface area contributed by atoms with E-state index in [1.54, 1.807) is 16.3 Å². The first-order chi connectivity index (χ1) is 18.0. The third-order valence-electron chi connectivity index (χ3n) is 6.55. The molecule has 0 aliphatic carbocycles. The molecule has 4 heterocycles. The number of anilines is 1. The summed E-state index contributed by atoms with van der Waals surface area (Å²) in [5.41, 5.74) is 4.41. The van der Waals surface area contributed by atoms with Gasteiger partial charge in [-0.2, -0.15) is 14.3 Å². The van der Waals surface area contributed by atoms with Gasteiger partial charge in [0.1, 0.15) is 12.4 Å². The fourth-order valence-corrected chi connectivity index (χ4v) is 4.75. The molecule has 0 fully saturated rings. The third kappa shape index (κ3) is 4.06. The molecule has 10 nitrogen and oxygen atoms in total. The number of rotatable bonds is 6. The van der Waals surface area contributed by atoms with Crippen molar-refractivity contribution < 1.29 is 14.3 Å². The highest BCUT2D eigenvalue weighted by molar-refractivity contribution is 5.95. The largest absolute Gasteiger partial charge is 0.493 e. The molecule has 0 bridgehead atoms. The van der Waals surface area contributed by atoms with Gasteiger partial charge >= 0.3 is 0 Å². The topological polar surface area (TPSA) is 108 Å². The van der Waals surface area contributed by atoms with Crippen LogP contribution in [0.3, 0.4) is 0 Å². The average molecular weight is 496 g/mol. The highest BCUT2D eigenvalue weighted by atomic mass is 16.5. The minimum Gasteiger partial charge on any atom is -0.493 e. The molecule has 186 valence electrons. The van der Waals surface area contributed by atoms with Crippen LogP contribution in [0.5, 0.6) is 11.5 Å². The monoisotopic (exact) mass is 495 g/mol. The van der Waals surface area contributed by atoms with Crippen LogP contribution >= 0.6 is 0 Å². The molecule has 5 aromatic rings. The zero-order valence-electron chi connectivity index (χ0n) is 20.7. The van der Waals surface area contributed by atoms with Crippen LogP contribution < -0.4 is 14.8 Å². The molecule has 1 N–H and O–H groups in total. The maximum absolute atomic E-state index is 12.9. The molecule has 37 heavy (non-hydrogen) atoms. The highest BCUT2D eigenvalue weighted by Gasteiger charge is 2.33. The van der Waals surface area contributed by atoms with Crippen LogP contribution in [0.4, 0.5) is 5.82 Å². The summed E-state index contributed by atoms with van der Waals surface area (Å²) in [5.74, 6) is 2.80. The van der Waals surface area contributed by atoms with Gasteiger partial charge in [-0.25, -0.2) is 0 Å². The molecule has 2 aromatic carbocycles. The number of methoxy groups -OCH3 is 1. The number of aryl methyl sites for hydroxylation is 2. The van der Waals surface area contributed by atoms with Gasteiger partial charge in [0.15, 0.2) is 28.8 Å². The summed E-state index contributed by atoms with van der Waals surface area (Å²) in [7, 11) is 1.62. The normalized spacial score (nSPS) is 14.9. The van der Waals surface area contributed by atoms with Crippen LogP contribution in [0.2, 0.25) is 0 Å². The lowest BCUT2D eigenvalue weighted by molar-refractivity contribution is -0.116. The first-order valence-corrected chi connectivity index (χ1v) is 12.0. The zero-order chi connectivity index (χ0) is 25.5. The van der Waals surface area contributed by atoms with Crippen molar-refractivity contribution in [3.63, 3.8) is 0 Å². The van der Waals surface area contributed by atoms with Crippen molar-refractivity contribution in [2.24, 2.45) is 0 Å². The number of benzene rings is 2. The SMILES string of the molecule is COc1cc(C2CC(=O)Nc3c2c(C)nn3-c2ccc3nnc(C)n3n2)ccc1OCc1ccccc1. The number of carbonyl (C=O) groups is 1. The Morgan fingerprint density at radius 1 is 1.00 bits per heavy atom. The van der Waals surface area contributed by atoms with E-state index in [-0.39, 0.29) is 11.8 Å². The predicted octanol–water partition coefficient (Wildman–Crippen LogP) is 3.99. The van der Waals surface area contributed by atoms with E-state index in [0.717, 1.165) is 22.4 Å². The van der Waals surface area contributed by atoms with E-state index in [9.17, 15) is 4.79 Å². The molecule has 1 atom stereocenters. The number of fused-ring (bicyclic) bond motifs is 2. The molecule has 6 rings (SSSR count). The first kappa shape index (κ1) is 22.7. The zero-order valence-corrected chi connectivity index (χ0v) is 20.7. The van der Waals surface area contributed by atoms with Crippen molar-refractivity contribution in [2.45, 2.75) is 32.8 Å². The van der Waals surface area contributed by atoms with Crippen LogP contribution in [-0.4, -0.2) is 42.6 Å². The van der Waals surface area contributed by atoms with E-state index in [2.05, 4.69) is 20.6 Å². The van der Waals surface area contributed by atoms with Gasteiger partial charge < -0.3 is 14.8 Å². The summed E-state index contributed by atoms with van der Waals surface area (Å²) in [4.78, 5) is 12.9. The molecule has 1 aliphatic heterocycles. The minimum atomic E-state index is -0.199. The number of amides is 1. The van der Waals surface area contributed by atoms with Crippen LogP contribution in [0.15, 0.2) is 60.7 Å². The Morgan fingerprint density at radius 3 is 2.65 bits per heavy atom. The summed E-state index contributed by atoms with van der Waals surface area (Å²) < 4.78 is 15.0. The molecule has 10 heteroatoms. The molecule has 0 radical (unpaired) electrons. The Morgan fingerprint density at radius 2 is 1.84 bits per heavy atom. The van der Waals surface area contributed by atoms with Crippen molar-refractivity contribution in [1.29, 1.82) is 0 Å². The van der Waals surface area contributed by atoms with Gasteiger partial charge in [-0.1, -0.05) is 36.4 Å². The van der Waals surface area contributed by atoms with Crippen molar-refractivity contribution >= 4 is 17.4 Å². The molecule has 1 amide bonds. The van der Waals surface area contributed by atoms with Gasteiger partial charge in [0, 0.05) is 17.9 Å². The highest BCUT2D eigenvalue weighted by Crippen LogP contribution is 2.42. The van der Waals surface area contributed by atoms with Gasteiger partial charge in [-0.05, 0) is 49.2 Å². The molecule has 0 saturated carbocycles. The Kier molecular flexibility index (Phi) is 5.56. The summed E-state index contributed by atoms with van der Waals surface area (Å²) in [6.45, 7) is 4.21. The van der Waals surface area contributed by atoms with E-state index < -0.39 is 0 Å². The predicted molar refractivity (Wildman–Crippen MR) is 136 cm³/mol. The Labute approximate surface area is 212 Å². The van der Waals surface area contributed by atoms with Gasteiger partial charge in [0.2, 0.25) is 5.91 Å². The number of carbonyl (C=O) groups excluding carboxylic acids is 1. The van der Waals surface area contributed by atoms with E-state index in [4.69, 9.17) is 14.6 Å². The van der Waals surface area contributed by atoms with Crippen molar-refractivity contribution in [2.75, 3.05) is 12.4 Å². The Hall–Kier alpha value is -4.73. The first-order valence-electron chi connectivity index (χ1n) is 12.0. The molecule has 0 spiro atoms.